The van der Waals surface area contributed by atoms with Gasteiger partial charge in [-0.05, 0) is 0 Å². The normalized spacial score (nSPS) is 2.75. The van der Waals surface area contributed by atoms with Crippen molar-refractivity contribution < 1.29 is 45.0 Å². The van der Waals surface area contributed by atoms with Crippen molar-refractivity contribution in [2.75, 3.05) is 0 Å². The van der Waals surface area contributed by atoms with E-state index in [-0.39, 0.29) is 29.6 Å². The third-order valence-corrected chi connectivity index (χ3v) is 0. The summed E-state index contributed by atoms with van der Waals surface area (Å²) >= 11 is 0.179. The summed E-state index contributed by atoms with van der Waals surface area (Å²) in [7, 11) is 0. The Labute approximate surface area is 72.7 Å². The fraction of sp³-hybridized carbons (Fsp3) is 0. The Hall–Kier alpha value is 2.68. The topological polar surface area (TPSA) is 17.1 Å². The zero-order chi connectivity index (χ0) is 2.71. The van der Waals surface area contributed by atoms with Gasteiger partial charge in [0, 0.05) is 0 Å². The van der Waals surface area contributed by atoms with Crippen molar-refractivity contribution in [3.05, 3.63) is 0 Å². The molecule has 0 heterocycles. The first-order valence-electron chi connectivity index (χ1n) is 0.402. The van der Waals surface area contributed by atoms with Crippen LogP contribution in [-0.4, -0.2) is 29.6 Å². The van der Waals surface area contributed by atoms with Crippen molar-refractivity contribution in [2.24, 2.45) is 0 Å². The molecule has 0 amide bonds. The van der Waals surface area contributed by atoms with Crippen LogP contribution in [0.15, 0.2) is 0 Å². The summed E-state index contributed by atoms with van der Waals surface area (Å²) in [5, 5.41) is 0. The van der Waals surface area contributed by atoms with Gasteiger partial charge in [-0.3, -0.25) is 0 Å². The fourth-order valence-corrected chi connectivity index (χ4v) is 0. The molecular weight excluding hydrogens is 274 g/mol. The molecule has 0 aliphatic heterocycles. The van der Waals surface area contributed by atoms with Gasteiger partial charge in [0.25, 0.3) is 0 Å². The Morgan fingerprint density at radius 2 is 1.75 bits per heavy atom. The van der Waals surface area contributed by atoms with Crippen LogP contribution in [0.4, 0.5) is 0 Å². The summed E-state index contributed by atoms with van der Waals surface area (Å²) in [4.78, 5) is 0. The van der Waals surface area contributed by atoms with Crippen LogP contribution in [0.5, 0.6) is 0 Å². The van der Waals surface area contributed by atoms with E-state index in [0.29, 0.717) is 0 Å². The molecule has 0 aliphatic rings. The molecule has 1 nitrogen and oxygen atoms in total. The average molecular weight is 275 g/mol. The summed E-state index contributed by atoms with van der Waals surface area (Å²) in [6, 6.07) is 0. The maximum atomic E-state index is 9.13. The SMILES string of the molecule is [NaH].[O]=[Mo][La]. The van der Waals surface area contributed by atoms with Gasteiger partial charge in [0.2, 0.25) is 0 Å². The molecule has 0 bridgehead atoms. The van der Waals surface area contributed by atoms with Crippen molar-refractivity contribution in [1.82, 2.24) is 0 Å². The second kappa shape index (κ2) is 9.19. The van der Waals surface area contributed by atoms with E-state index in [0.717, 1.165) is 29.6 Å². The summed E-state index contributed by atoms with van der Waals surface area (Å²) in [6.07, 6.45) is 0. The van der Waals surface area contributed by atoms with Crippen molar-refractivity contribution in [3.63, 3.8) is 0 Å². The first kappa shape index (κ1) is 9.84. The predicted octanol–water partition coefficient (Wildman–Crippen LogP) is -0.770. The van der Waals surface area contributed by atoms with E-state index >= 15 is 0 Å². The van der Waals surface area contributed by atoms with Crippen LogP contribution in [0, 0.1) is 29.6 Å². The van der Waals surface area contributed by atoms with E-state index in [4.69, 9.17) is 3.40 Å². The molecule has 0 saturated carbocycles. The van der Waals surface area contributed by atoms with Crippen molar-refractivity contribution >= 4 is 29.6 Å². The van der Waals surface area contributed by atoms with Crippen molar-refractivity contribution in [1.29, 1.82) is 0 Å². The molecule has 0 saturated heterocycles. The summed E-state index contributed by atoms with van der Waals surface area (Å²) in [5.74, 6) is 0. The minimum atomic E-state index is -0.613. The summed E-state index contributed by atoms with van der Waals surface area (Å²) in [6.45, 7) is 0. The van der Waals surface area contributed by atoms with E-state index in [1.807, 2.05) is 0 Å². The van der Waals surface area contributed by atoms with Gasteiger partial charge in [-0.15, -0.1) is 0 Å². The second-order valence-electron chi connectivity index (χ2n) is 0.0962. The second-order valence-corrected chi connectivity index (χ2v) is 4.14. The van der Waals surface area contributed by atoms with E-state index in [2.05, 4.69) is 0 Å². The van der Waals surface area contributed by atoms with Crippen molar-refractivity contribution in [2.45, 2.75) is 0 Å². The van der Waals surface area contributed by atoms with Gasteiger partial charge in [-0.25, -0.2) is 0 Å². The monoisotopic (exact) mass is 277 g/mol. The molecular formula is HLaMoNaO. The van der Waals surface area contributed by atoms with Gasteiger partial charge < -0.3 is 0 Å². The van der Waals surface area contributed by atoms with Crippen LogP contribution in [-0.2, 0) is 15.4 Å². The van der Waals surface area contributed by atoms with Crippen LogP contribution < -0.4 is 0 Å². The zero-order valence-corrected chi connectivity index (χ0v) is 7.03. The minimum absolute atomic E-state index is 0. The zero-order valence-electron chi connectivity index (χ0n) is 1.39. The van der Waals surface area contributed by atoms with Crippen LogP contribution >= 0.6 is 0 Å². The number of rotatable bonds is 0. The number of hydrogen-bond donors (Lipinski definition) is 0. The van der Waals surface area contributed by atoms with E-state index in [1.165, 1.54) is 0 Å². The quantitative estimate of drug-likeness (QED) is 0.531. The van der Waals surface area contributed by atoms with Gasteiger partial charge in [0.05, 0.1) is 0 Å². The Bertz CT molecular complexity index is 15.5. The number of hydrogen-bond acceptors (Lipinski definition) is 1. The molecule has 0 aromatic heterocycles. The molecule has 0 spiro atoms. The molecule has 0 N–H and O–H groups in total. The Morgan fingerprint density at radius 3 is 1.75 bits per heavy atom. The first-order valence-corrected chi connectivity index (χ1v) is 11.1. The molecule has 0 aromatic carbocycles. The standard InChI is InChI=1S/La.Mo.Na.O.H. The van der Waals surface area contributed by atoms with E-state index in [9.17, 15) is 0 Å². The van der Waals surface area contributed by atoms with E-state index in [1.54, 1.807) is 0 Å². The van der Waals surface area contributed by atoms with Gasteiger partial charge in [-0.2, -0.15) is 0 Å². The molecule has 0 aliphatic carbocycles. The average Bonchev–Trinajstić information content (AvgIpc) is 0.918. The Morgan fingerprint density at radius 1 is 1.75 bits per heavy atom. The van der Waals surface area contributed by atoms with Gasteiger partial charge in [0.15, 0.2) is 0 Å². The molecule has 0 atom stereocenters. The van der Waals surface area contributed by atoms with Gasteiger partial charge >= 0.3 is 74.6 Å². The molecule has 0 fully saturated rings. The van der Waals surface area contributed by atoms with Gasteiger partial charge in [-0.1, -0.05) is 0 Å². The summed E-state index contributed by atoms with van der Waals surface area (Å²) in [5.41, 5.74) is 0. The Kier molecular flexibility index (Phi) is 22.6. The molecule has 0 rings (SSSR count). The van der Waals surface area contributed by atoms with Crippen molar-refractivity contribution in [3.8, 4) is 0 Å². The third-order valence-electron chi connectivity index (χ3n) is 0. The fourth-order valence-electron chi connectivity index (χ4n) is 0. The molecule has 4 heavy (non-hydrogen) atoms. The maximum absolute atomic E-state index is 9.13. The van der Waals surface area contributed by atoms with Gasteiger partial charge in [0.1, 0.15) is 0 Å². The molecule has 0 radical (unpaired) electrons. The van der Waals surface area contributed by atoms with Crippen LogP contribution in [0.2, 0.25) is 0 Å². The van der Waals surface area contributed by atoms with Crippen LogP contribution in [0.3, 0.4) is 0 Å². The third kappa shape index (κ3) is 8.82. The molecule has 4 heteroatoms. The molecule has 0 unspecified atom stereocenters. The van der Waals surface area contributed by atoms with E-state index < -0.39 is 12.0 Å². The summed E-state index contributed by atoms with van der Waals surface area (Å²) < 4.78 is 9.13. The Balaban J connectivity index is 0. The predicted molar refractivity (Wildman–Crippen MR) is 7.84 cm³/mol. The molecule has 0 aromatic rings. The van der Waals surface area contributed by atoms with Crippen LogP contribution in [0.25, 0.3) is 0 Å². The van der Waals surface area contributed by atoms with Crippen LogP contribution in [0.1, 0.15) is 0 Å². The molecule has 17 valence electrons. The first-order chi connectivity index (χ1) is 1.41.